The van der Waals surface area contributed by atoms with Crippen LogP contribution < -0.4 is 10.1 Å². The molecule has 0 saturated carbocycles. The number of benzene rings is 2. The van der Waals surface area contributed by atoms with E-state index in [4.69, 9.17) is 9.47 Å². The van der Waals surface area contributed by atoms with Gasteiger partial charge in [0.25, 0.3) is 0 Å². The van der Waals surface area contributed by atoms with E-state index in [1.54, 1.807) is 17.7 Å². The van der Waals surface area contributed by atoms with E-state index in [0.29, 0.717) is 19.6 Å². The van der Waals surface area contributed by atoms with Crippen LogP contribution in [0.1, 0.15) is 11.1 Å². The first-order chi connectivity index (χ1) is 14.3. The summed E-state index contributed by atoms with van der Waals surface area (Å²) in [6, 6.07) is 13.2. The van der Waals surface area contributed by atoms with Gasteiger partial charge in [-0.1, -0.05) is 30.3 Å². The normalized spacial score (nSPS) is 13.1. The Balaban J connectivity index is 1.41. The molecule has 7 heteroatoms. The predicted molar refractivity (Wildman–Crippen MR) is 112 cm³/mol. The maximum Gasteiger partial charge on any atom is 0.189 e. The Morgan fingerprint density at radius 3 is 2.93 bits per heavy atom. The molecule has 0 unspecified atom stereocenters. The number of halogens is 1. The van der Waals surface area contributed by atoms with E-state index in [1.165, 1.54) is 12.1 Å². The minimum Gasteiger partial charge on any atom is -0.467 e. The molecule has 1 aliphatic heterocycles. The van der Waals surface area contributed by atoms with Crippen molar-refractivity contribution >= 4 is 27.4 Å². The molecule has 0 saturated heterocycles. The van der Waals surface area contributed by atoms with Gasteiger partial charge in [0, 0.05) is 23.1 Å². The first-order valence-corrected chi connectivity index (χ1v) is 10.2. The molecule has 1 aliphatic rings. The van der Waals surface area contributed by atoms with Crippen LogP contribution in [0.25, 0.3) is 21.3 Å². The van der Waals surface area contributed by atoms with Crippen molar-refractivity contribution in [2.45, 2.75) is 13.0 Å². The number of fused-ring (bicyclic) bond motifs is 2. The minimum atomic E-state index is -0.276. The van der Waals surface area contributed by atoms with Gasteiger partial charge in [0.05, 0.1) is 12.0 Å². The molecule has 0 radical (unpaired) electrons. The number of rotatable bonds is 5. The summed E-state index contributed by atoms with van der Waals surface area (Å²) < 4.78 is 24.8. The van der Waals surface area contributed by atoms with Gasteiger partial charge in [-0.05, 0) is 29.7 Å². The van der Waals surface area contributed by atoms with Crippen molar-refractivity contribution in [3.63, 3.8) is 0 Å². The van der Waals surface area contributed by atoms with E-state index in [2.05, 4.69) is 32.8 Å². The van der Waals surface area contributed by atoms with Crippen molar-refractivity contribution in [3.8, 4) is 16.9 Å². The molecule has 0 amide bonds. The third-order valence-electron chi connectivity index (χ3n) is 4.89. The monoisotopic (exact) mass is 407 g/mol. The van der Waals surface area contributed by atoms with Crippen molar-refractivity contribution in [3.05, 3.63) is 71.1 Å². The molecule has 146 valence electrons. The zero-order valence-corrected chi connectivity index (χ0v) is 16.3. The third kappa shape index (κ3) is 3.54. The summed E-state index contributed by atoms with van der Waals surface area (Å²) in [5.74, 6) is 1.24. The number of nitrogens with one attached hydrogen (secondary N) is 1. The first-order valence-electron chi connectivity index (χ1n) is 9.33. The summed E-state index contributed by atoms with van der Waals surface area (Å²) in [6.45, 7) is 1.16. The van der Waals surface area contributed by atoms with Crippen LogP contribution in [-0.2, 0) is 17.8 Å². The van der Waals surface area contributed by atoms with Crippen LogP contribution >= 0.6 is 11.3 Å². The highest BCUT2D eigenvalue weighted by Crippen LogP contribution is 2.36. The molecule has 29 heavy (non-hydrogen) atoms. The second kappa shape index (κ2) is 7.77. The fraction of sp³-hybridized carbons (Fsp3) is 0.182. The molecule has 0 bridgehead atoms. The zero-order chi connectivity index (χ0) is 19.6. The number of hydrogen-bond donors (Lipinski definition) is 1. The second-order valence-electron chi connectivity index (χ2n) is 6.76. The van der Waals surface area contributed by atoms with Gasteiger partial charge in [-0.15, -0.1) is 11.3 Å². The molecule has 5 rings (SSSR count). The Hall–Kier alpha value is -3.03. The lowest BCUT2D eigenvalue weighted by atomic mass is 10.0. The van der Waals surface area contributed by atoms with Crippen LogP contribution in [0.2, 0.25) is 0 Å². The molecule has 0 fully saturated rings. The first kappa shape index (κ1) is 18.0. The topological polar surface area (TPSA) is 56.3 Å². The minimum absolute atomic E-state index is 0.195. The Kier molecular flexibility index (Phi) is 4.83. The molecular formula is C22H18FN3O2S. The van der Waals surface area contributed by atoms with Crippen LogP contribution in [0.15, 0.2) is 54.2 Å². The number of ether oxygens (including phenoxy) is 2. The lowest BCUT2D eigenvalue weighted by Crippen LogP contribution is -2.15. The lowest BCUT2D eigenvalue weighted by Gasteiger charge is -2.21. The number of anilines is 1. The van der Waals surface area contributed by atoms with Crippen molar-refractivity contribution in [1.82, 2.24) is 9.97 Å². The van der Waals surface area contributed by atoms with Crippen molar-refractivity contribution in [2.75, 3.05) is 18.7 Å². The van der Waals surface area contributed by atoms with E-state index in [1.807, 2.05) is 18.2 Å². The number of nitrogens with zero attached hydrogens (tertiary/aromatic N) is 2. The zero-order valence-electron chi connectivity index (χ0n) is 15.5. The van der Waals surface area contributed by atoms with Crippen LogP contribution in [0.5, 0.6) is 5.75 Å². The summed E-state index contributed by atoms with van der Waals surface area (Å²) in [5, 5.41) is 6.52. The fourth-order valence-electron chi connectivity index (χ4n) is 3.60. The second-order valence-corrected chi connectivity index (χ2v) is 7.62. The Bertz CT molecular complexity index is 1160. The van der Waals surface area contributed by atoms with Gasteiger partial charge >= 0.3 is 0 Å². The highest BCUT2D eigenvalue weighted by molar-refractivity contribution is 7.17. The number of hydrogen-bond acceptors (Lipinski definition) is 6. The number of aromatic nitrogens is 2. The molecule has 0 aliphatic carbocycles. The molecular weight excluding hydrogens is 389 g/mol. The van der Waals surface area contributed by atoms with Crippen molar-refractivity contribution in [1.29, 1.82) is 0 Å². The maximum absolute atomic E-state index is 14.0. The van der Waals surface area contributed by atoms with Crippen molar-refractivity contribution in [2.24, 2.45) is 0 Å². The van der Waals surface area contributed by atoms with E-state index >= 15 is 0 Å². The quantitative estimate of drug-likeness (QED) is 0.504. The fourth-order valence-corrected chi connectivity index (χ4v) is 4.51. The van der Waals surface area contributed by atoms with E-state index in [9.17, 15) is 4.39 Å². The highest BCUT2D eigenvalue weighted by Gasteiger charge is 2.17. The van der Waals surface area contributed by atoms with E-state index in [0.717, 1.165) is 44.0 Å². The highest BCUT2D eigenvalue weighted by atomic mass is 32.1. The molecule has 1 N–H and O–H groups in total. The van der Waals surface area contributed by atoms with E-state index < -0.39 is 0 Å². The summed E-state index contributed by atoms with van der Waals surface area (Å²) >= 11 is 1.60. The van der Waals surface area contributed by atoms with Gasteiger partial charge in [-0.2, -0.15) is 0 Å². The molecule has 2 aromatic heterocycles. The van der Waals surface area contributed by atoms with Gasteiger partial charge in [0.15, 0.2) is 6.79 Å². The van der Waals surface area contributed by atoms with Gasteiger partial charge in [-0.25, -0.2) is 14.4 Å². The average molecular weight is 407 g/mol. The van der Waals surface area contributed by atoms with Crippen molar-refractivity contribution < 1.29 is 13.9 Å². The van der Waals surface area contributed by atoms with Crippen LogP contribution in [0.4, 0.5) is 10.2 Å². The summed E-state index contributed by atoms with van der Waals surface area (Å²) in [7, 11) is 0. The molecule has 0 atom stereocenters. The molecule has 5 nitrogen and oxygen atoms in total. The Labute approximate surface area is 171 Å². The smallest absolute Gasteiger partial charge is 0.189 e. The van der Waals surface area contributed by atoms with Gasteiger partial charge in [0.2, 0.25) is 0 Å². The molecule has 2 aromatic carbocycles. The average Bonchev–Trinajstić information content (AvgIpc) is 3.19. The maximum atomic E-state index is 14.0. The van der Waals surface area contributed by atoms with Crippen LogP contribution in [-0.4, -0.2) is 23.3 Å². The molecule has 4 aromatic rings. The standard InChI is InChI=1S/C22H18FN3O2S/c23-17-8-15(20-16(9-17)10-27-13-28-20)6-7-24-21-19-18(14-4-2-1-3-5-14)11-29-22(19)26-12-25-21/h1-5,8-9,11-12H,6-7,10,13H2,(H,24,25,26). The van der Waals surface area contributed by atoms with Gasteiger partial charge in [-0.3, -0.25) is 0 Å². The van der Waals surface area contributed by atoms with E-state index in [-0.39, 0.29) is 12.6 Å². The SMILES string of the molecule is Fc1cc(CCNc2ncnc3scc(-c4ccccc4)c23)c2c(c1)COCO2. The summed E-state index contributed by atoms with van der Waals surface area (Å²) in [4.78, 5) is 9.80. The predicted octanol–water partition coefficient (Wildman–Crippen LogP) is 5.02. The Morgan fingerprint density at radius 1 is 1.14 bits per heavy atom. The Morgan fingerprint density at radius 2 is 2.03 bits per heavy atom. The summed E-state index contributed by atoms with van der Waals surface area (Å²) in [6.07, 6.45) is 2.18. The lowest BCUT2D eigenvalue weighted by molar-refractivity contribution is -0.0172. The molecule has 3 heterocycles. The van der Waals surface area contributed by atoms with Gasteiger partial charge < -0.3 is 14.8 Å². The third-order valence-corrected chi connectivity index (χ3v) is 5.78. The molecule has 0 spiro atoms. The largest absolute Gasteiger partial charge is 0.467 e. The number of thiophene rings is 1. The van der Waals surface area contributed by atoms with Gasteiger partial charge in [0.1, 0.15) is 28.5 Å². The van der Waals surface area contributed by atoms with Crippen LogP contribution in [0, 0.1) is 5.82 Å². The van der Waals surface area contributed by atoms with Crippen LogP contribution in [0.3, 0.4) is 0 Å². The summed E-state index contributed by atoms with van der Waals surface area (Å²) in [5.41, 5.74) is 3.82.